The van der Waals surface area contributed by atoms with Crippen molar-refractivity contribution in [3.8, 4) is 0 Å². The minimum atomic E-state index is 0.649. The molecule has 2 aromatic rings. The van der Waals surface area contributed by atoms with Gasteiger partial charge in [-0.1, -0.05) is 50.6 Å². The number of hydrogen-bond acceptors (Lipinski definition) is 2. The van der Waals surface area contributed by atoms with Crippen LogP contribution in [0.2, 0.25) is 5.02 Å². The molecule has 0 spiro atoms. The van der Waals surface area contributed by atoms with Crippen LogP contribution < -0.4 is 11.5 Å². The molecule has 0 aromatic heterocycles. The molecule has 118 valence electrons. The number of nitrogen functional groups attached to an aromatic ring is 2. The number of aryl methyl sites for hydroxylation is 3. The average Bonchev–Trinajstić information content (AvgIpc) is 2.52. The Morgan fingerprint density at radius 1 is 0.727 bits per heavy atom. The van der Waals surface area contributed by atoms with E-state index in [1.807, 2.05) is 6.07 Å². The van der Waals surface area contributed by atoms with E-state index in [-0.39, 0.29) is 0 Å². The van der Waals surface area contributed by atoms with Crippen molar-refractivity contribution >= 4 is 23.0 Å². The molecule has 22 heavy (non-hydrogen) atoms. The van der Waals surface area contributed by atoms with Crippen LogP contribution in [0.1, 0.15) is 48.6 Å². The van der Waals surface area contributed by atoms with Crippen LogP contribution in [0.25, 0.3) is 0 Å². The smallest absolute Gasteiger partial charge is 0.0641 e. The van der Waals surface area contributed by atoms with Crippen molar-refractivity contribution in [1.82, 2.24) is 0 Å². The first kappa shape index (κ1) is 16.7. The minimum Gasteiger partial charge on any atom is -0.398 e. The Kier molecular flexibility index (Phi) is 5.36. The quantitative estimate of drug-likeness (QED) is 0.780. The zero-order valence-corrected chi connectivity index (χ0v) is 14.4. The summed E-state index contributed by atoms with van der Waals surface area (Å²) < 4.78 is 0. The first-order valence-corrected chi connectivity index (χ1v) is 8.34. The number of halogens is 1. The van der Waals surface area contributed by atoms with E-state index in [4.69, 9.17) is 23.1 Å². The zero-order chi connectivity index (χ0) is 16.3. The number of benzene rings is 2. The first-order valence-electron chi connectivity index (χ1n) is 7.96. The van der Waals surface area contributed by atoms with E-state index in [1.54, 1.807) is 0 Å². The highest BCUT2D eigenvalue weighted by Crippen LogP contribution is 2.28. The van der Waals surface area contributed by atoms with Crippen LogP contribution in [-0.2, 0) is 25.7 Å². The van der Waals surface area contributed by atoms with Gasteiger partial charge in [0.2, 0.25) is 0 Å². The molecule has 2 aromatic carbocycles. The van der Waals surface area contributed by atoms with E-state index in [2.05, 4.69) is 39.0 Å². The van der Waals surface area contributed by atoms with E-state index in [9.17, 15) is 0 Å². The second-order valence-electron chi connectivity index (χ2n) is 5.72. The molecule has 0 saturated heterocycles. The van der Waals surface area contributed by atoms with Gasteiger partial charge in [0.05, 0.1) is 10.7 Å². The molecule has 0 atom stereocenters. The molecule has 0 radical (unpaired) electrons. The van der Waals surface area contributed by atoms with E-state index in [1.165, 1.54) is 22.3 Å². The summed E-state index contributed by atoms with van der Waals surface area (Å²) >= 11 is 6.26. The van der Waals surface area contributed by atoms with Crippen molar-refractivity contribution in [1.29, 1.82) is 0 Å². The van der Waals surface area contributed by atoms with Gasteiger partial charge in [0.25, 0.3) is 0 Å². The summed E-state index contributed by atoms with van der Waals surface area (Å²) in [4.78, 5) is 0. The Morgan fingerprint density at radius 3 is 1.59 bits per heavy atom. The summed E-state index contributed by atoms with van der Waals surface area (Å²) in [6.45, 7) is 6.38. The normalized spacial score (nSPS) is 10.9. The lowest BCUT2D eigenvalue weighted by molar-refractivity contribution is 1.06. The molecule has 0 amide bonds. The predicted octanol–water partition coefficient (Wildman–Crippen LogP) is 4.78. The molecule has 0 heterocycles. The molecular weight excluding hydrogens is 292 g/mol. The molecular formula is C19H25ClN2. The molecule has 0 fully saturated rings. The molecule has 0 aliphatic heterocycles. The van der Waals surface area contributed by atoms with Crippen LogP contribution in [0, 0.1) is 0 Å². The van der Waals surface area contributed by atoms with Crippen LogP contribution >= 0.6 is 11.6 Å². The van der Waals surface area contributed by atoms with Crippen molar-refractivity contribution < 1.29 is 0 Å². The van der Waals surface area contributed by atoms with Crippen molar-refractivity contribution in [2.75, 3.05) is 11.5 Å². The number of hydrogen-bond donors (Lipinski definition) is 2. The highest BCUT2D eigenvalue weighted by atomic mass is 35.5. The predicted molar refractivity (Wildman–Crippen MR) is 97.7 cm³/mol. The zero-order valence-electron chi connectivity index (χ0n) is 13.7. The van der Waals surface area contributed by atoms with Crippen LogP contribution in [0.3, 0.4) is 0 Å². The lowest BCUT2D eigenvalue weighted by Crippen LogP contribution is -2.02. The molecule has 3 heteroatoms. The minimum absolute atomic E-state index is 0.649. The van der Waals surface area contributed by atoms with Gasteiger partial charge in [-0.3, -0.25) is 0 Å². The maximum Gasteiger partial charge on any atom is 0.0641 e. The van der Waals surface area contributed by atoms with Crippen LogP contribution in [-0.4, -0.2) is 0 Å². The lowest BCUT2D eigenvalue weighted by atomic mass is 9.95. The fourth-order valence-corrected chi connectivity index (χ4v) is 3.17. The third-order valence-corrected chi connectivity index (χ3v) is 4.55. The topological polar surface area (TPSA) is 52.0 Å². The Labute approximate surface area is 138 Å². The van der Waals surface area contributed by atoms with Gasteiger partial charge in [-0.2, -0.15) is 0 Å². The van der Waals surface area contributed by atoms with Crippen LogP contribution in [0.15, 0.2) is 24.3 Å². The summed E-state index contributed by atoms with van der Waals surface area (Å²) in [5.41, 5.74) is 19.9. The molecule has 0 unspecified atom stereocenters. The monoisotopic (exact) mass is 316 g/mol. The van der Waals surface area contributed by atoms with Gasteiger partial charge in [-0.15, -0.1) is 0 Å². The van der Waals surface area contributed by atoms with E-state index in [0.717, 1.165) is 36.9 Å². The van der Waals surface area contributed by atoms with Crippen LogP contribution in [0.4, 0.5) is 11.4 Å². The Bertz CT molecular complexity index is 652. The second kappa shape index (κ2) is 7.06. The van der Waals surface area contributed by atoms with Crippen molar-refractivity contribution in [3.63, 3.8) is 0 Å². The summed E-state index contributed by atoms with van der Waals surface area (Å²) in [6, 6.07) is 8.56. The van der Waals surface area contributed by atoms with Gasteiger partial charge < -0.3 is 11.5 Å². The highest BCUT2D eigenvalue weighted by molar-refractivity contribution is 6.33. The molecule has 2 rings (SSSR count). The Balaban J connectivity index is 2.41. The van der Waals surface area contributed by atoms with Gasteiger partial charge in [-0.25, -0.2) is 0 Å². The standard InChI is InChI=1S/C19H25ClN2/c1-4-14-8-12(9-15(5-2)18(14)21)7-13-10-16(6-3)19(22)17(20)11-13/h8-11H,4-7,21-22H2,1-3H3. The van der Waals surface area contributed by atoms with E-state index < -0.39 is 0 Å². The average molecular weight is 317 g/mol. The van der Waals surface area contributed by atoms with Gasteiger partial charge >= 0.3 is 0 Å². The van der Waals surface area contributed by atoms with Crippen molar-refractivity contribution in [2.45, 2.75) is 46.5 Å². The van der Waals surface area contributed by atoms with Gasteiger partial charge in [-0.05, 0) is 59.6 Å². The van der Waals surface area contributed by atoms with Gasteiger partial charge in [0.1, 0.15) is 0 Å². The van der Waals surface area contributed by atoms with Gasteiger partial charge in [0, 0.05) is 5.69 Å². The first-order chi connectivity index (χ1) is 10.5. The highest BCUT2D eigenvalue weighted by Gasteiger charge is 2.09. The fraction of sp³-hybridized carbons (Fsp3) is 0.368. The third-order valence-electron chi connectivity index (χ3n) is 4.24. The summed E-state index contributed by atoms with van der Waals surface area (Å²) in [7, 11) is 0. The fourth-order valence-electron chi connectivity index (χ4n) is 2.91. The van der Waals surface area contributed by atoms with Crippen molar-refractivity contribution in [2.24, 2.45) is 0 Å². The summed E-state index contributed by atoms with van der Waals surface area (Å²) in [6.07, 6.45) is 3.65. The lowest BCUT2D eigenvalue weighted by Gasteiger charge is -2.14. The summed E-state index contributed by atoms with van der Waals surface area (Å²) in [5, 5.41) is 0.649. The third kappa shape index (κ3) is 3.38. The SMILES string of the molecule is CCc1cc(Cc2cc(CC)c(N)c(CC)c2)cc(Cl)c1N. The van der Waals surface area contributed by atoms with Gasteiger partial charge in [0.15, 0.2) is 0 Å². The van der Waals surface area contributed by atoms with Crippen LogP contribution in [0.5, 0.6) is 0 Å². The Morgan fingerprint density at radius 2 is 1.14 bits per heavy atom. The molecule has 2 nitrogen and oxygen atoms in total. The summed E-state index contributed by atoms with van der Waals surface area (Å²) in [5.74, 6) is 0. The molecule has 4 N–H and O–H groups in total. The molecule has 0 saturated carbocycles. The largest absolute Gasteiger partial charge is 0.398 e. The van der Waals surface area contributed by atoms with E-state index in [0.29, 0.717) is 10.7 Å². The van der Waals surface area contributed by atoms with Crippen molar-refractivity contribution in [3.05, 3.63) is 57.1 Å². The maximum absolute atomic E-state index is 6.26. The molecule has 0 bridgehead atoms. The second-order valence-corrected chi connectivity index (χ2v) is 6.12. The van der Waals surface area contributed by atoms with E-state index >= 15 is 0 Å². The number of rotatable bonds is 5. The molecule has 0 aliphatic rings. The molecule has 0 aliphatic carbocycles. The Hall–Kier alpha value is -1.67. The number of anilines is 2. The number of nitrogens with two attached hydrogens (primary N) is 2. The maximum atomic E-state index is 6.26.